The van der Waals surface area contributed by atoms with Crippen molar-refractivity contribution in [1.82, 2.24) is 10.6 Å². The van der Waals surface area contributed by atoms with Crippen molar-refractivity contribution in [3.05, 3.63) is 0 Å². The highest BCUT2D eigenvalue weighted by atomic mass is 16.6. The van der Waals surface area contributed by atoms with Crippen molar-refractivity contribution in [3.63, 3.8) is 0 Å². The summed E-state index contributed by atoms with van der Waals surface area (Å²) in [4.78, 5) is 36.1. The molecule has 3 atom stereocenters. The Kier molecular flexibility index (Phi) is 7.49. The third-order valence-corrected chi connectivity index (χ3v) is 3.53. The molecule has 7 heteroatoms. The molecule has 1 aliphatic rings. The number of esters is 1. The normalized spacial score (nSPS) is 21.7. The van der Waals surface area contributed by atoms with E-state index in [4.69, 9.17) is 10.8 Å². The lowest BCUT2D eigenvalue weighted by Crippen LogP contribution is -2.49. The first-order chi connectivity index (χ1) is 11.5. The molecule has 1 rings (SSSR count). The maximum absolute atomic E-state index is 12.3. The summed E-state index contributed by atoms with van der Waals surface area (Å²) in [7, 11) is 0. The molecule has 1 fully saturated rings. The van der Waals surface area contributed by atoms with Gasteiger partial charge in [0.2, 0.25) is 5.91 Å². The highest BCUT2D eigenvalue weighted by molar-refractivity contribution is 5.95. The number of carbonyl (C=O) groups excluding carboxylic acids is 3. The molecule has 138 valence electrons. The Bertz CT molecular complexity index is 490. The van der Waals surface area contributed by atoms with E-state index in [0.717, 1.165) is 0 Å². The Labute approximate surface area is 145 Å². The SMILES string of the molecule is [2H]C(C)(C)CCNC(=O)[C@H](CC(C)C)NC(=O)[C@H]1O[C@@H]1C(=O)OCC. The topological polar surface area (TPSA) is 97.0 Å². The molecule has 24 heavy (non-hydrogen) atoms. The van der Waals surface area contributed by atoms with E-state index in [0.29, 0.717) is 19.4 Å². The highest BCUT2D eigenvalue weighted by Crippen LogP contribution is 2.24. The first kappa shape index (κ1) is 18.7. The summed E-state index contributed by atoms with van der Waals surface area (Å²) in [6, 6.07) is -0.701. The minimum Gasteiger partial charge on any atom is -0.464 e. The highest BCUT2D eigenvalue weighted by Gasteiger charge is 2.52. The second-order valence-electron chi connectivity index (χ2n) is 6.67. The zero-order valence-corrected chi connectivity index (χ0v) is 15.2. The van der Waals surface area contributed by atoms with E-state index in [-0.39, 0.29) is 18.4 Å². The van der Waals surface area contributed by atoms with Gasteiger partial charge in [-0.1, -0.05) is 27.7 Å². The molecule has 0 aliphatic carbocycles. The molecular formula is C17H30N2O5. The quantitative estimate of drug-likeness (QED) is 0.456. The Morgan fingerprint density at radius 1 is 1.21 bits per heavy atom. The predicted molar refractivity (Wildman–Crippen MR) is 89.1 cm³/mol. The Balaban J connectivity index is 2.54. The molecule has 0 aromatic carbocycles. The summed E-state index contributed by atoms with van der Waals surface area (Å²) in [5.41, 5.74) is 0. The molecule has 0 saturated carbocycles. The summed E-state index contributed by atoms with van der Waals surface area (Å²) in [6.07, 6.45) is -0.795. The van der Waals surface area contributed by atoms with Crippen LogP contribution in [0.3, 0.4) is 0 Å². The molecule has 0 aromatic heterocycles. The van der Waals surface area contributed by atoms with Crippen LogP contribution in [0, 0.1) is 11.8 Å². The number of amides is 2. The van der Waals surface area contributed by atoms with Crippen LogP contribution in [0.4, 0.5) is 0 Å². The summed E-state index contributed by atoms with van der Waals surface area (Å²) in [6.45, 7) is 9.71. The average molecular weight is 343 g/mol. The summed E-state index contributed by atoms with van der Waals surface area (Å²) in [5.74, 6) is -1.77. The maximum atomic E-state index is 12.3. The zero-order valence-electron chi connectivity index (χ0n) is 16.2. The fourth-order valence-corrected chi connectivity index (χ4v) is 2.23. The molecule has 0 aromatic rings. The number of epoxide rings is 1. The van der Waals surface area contributed by atoms with E-state index < -0.39 is 36.0 Å². The molecule has 0 unspecified atom stereocenters. The third-order valence-electron chi connectivity index (χ3n) is 3.53. The van der Waals surface area contributed by atoms with Crippen LogP contribution in [0.15, 0.2) is 0 Å². The van der Waals surface area contributed by atoms with Crippen molar-refractivity contribution in [2.45, 2.75) is 65.7 Å². The third kappa shape index (κ3) is 6.86. The average Bonchev–Trinajstić information content (AvgIpc) is 3.25. The lowest BCUT2D eigenvalue weighted by atomic mass is 10.0. The summed E-state index contributed by atoms with van der Waals surface area (Å²) in [5, 5.41) is 5.41. The minimum absolute atomic E-state index is 0.199. The van der Waals surface area contributed by atoms with Crippen molar-refractivity contribution in [1.29, 1.82) is 0 Å². The molecule has 0 radical (unpaired) electrons. The van der Waals surface area contributed by atoms with E-state index in [1.165, 1.54) is 0 Å². The summed E-state index contributed by atoms with van der Waals surface area (Å²) >= 11 is 0. The van der Waals surface area contributed by atoms with Crippen LogP contribution in [0.2, 0.25) is 0 Å². The van der Waals surface area contributed by atoms with Crippen molar-refractivity contribution in [3.8, 4) is 0 Å². The molecule has 0 spiro atoms. The molecule has 1 heterocycles. The van der Waals surface area contributed by atoms with Gasteiger partial charge >= 0.3 is 5.97 Å². The van der Waals surface area contributed by atoms with Crippen LogP contribution >= 0.6 is 0 Å². The van der Waals surface area contributed by atoms with Gasteiger partial charge in [0.05, 0.1) is 6.61 Å². The van der Waals surface area contributed by atoms with Gasteiger partial charge in [-0.3, -0.25) is 9.59 Å². The number of hydrogen-bond acceptors (Lipinski definition) is 5. The van der Waals surface area contributed by atoms with Gasteiger partial charge in [0.25, 0.3) is 5.91 Å². The van der Waals surface area contributed by atoms with E-state index in [1.807, 2.05) is 13.8 Å². The largest absolute Gasteiger partial charge is 0.464 e. The minimum atomic E-state index is -0.895. The second kappa shape index (κ2) is 9.61. The summed E-state index contributed by atoms with van der Waals surface area (Å²) < 4.78 is 17.7. The zero-order chi connectivity index (χ0) is 19.2. The lowest BCUT2D eigenvalue weighted by Gasteiger charge is -2.20. The van der Waals surface area contributed by atoms with E-state index >= 15 is 0 Å². The first-order valence-electron chi connectivity index (χ1n) is 8.95. The fourth-order valence-electron chi connectivity index (χ4n) is 2.23. The number of rotatable bonds is 10. The number of ether oxygens (including phenoxy) is 2. The van der Waals surface area contributed by atoms with E-state index in [1.54, 1.807) is 20.8 Å². The molecule has 2 N–H and O–H groups in total. The van der Waals surface area contributed by atoms with Crippen LogP contribution in [0.25, 0.3) is 0 Å². The molecule has 0 bridgehead atoms. The van der Waals surface area contributed by atoms with Crippen LogP contribution < -0.4 is 10.6 Å². The Hall–Kier alpha value is -1.63. The monoisotopic (exact) mass is 343 g/mol. The van der Waals surface area contributed by atoms with Crippen LogP contribution in [-0.2, 0) is 23.9 Å². The van der Waals surface area contributed by atoms with Gasteiger partial charge in [-0.05, 0) is 31.6 Å². The van der Waals surface area contributed by atoms with Crippen molar-refractivity contribution < 1.29 is 25.2 Å². The van der Waals surface area contributed by atoms with Gasteiger partial charge in [0.1, 0.15) is 6.04 Å². The number of hydrogen-bond donors (Lipinski definition) is 2. The number of carbonyl (C=O) groups is 3. The first-order valence-corrected chi connectivity index (χ1v) is 8.45. The maximum Gasteiger partial charge on any atom is 0.338 e. The lowest BCUT2D eigenvalue weighted by molar-refractivity contribution is -0.144. The molecule has 7 nitrogen and oxygen atoms in total. The van der Waals surface area contributed by atoms with Gasteiger partial charge in [-0.25, -0.2) is 4.79 Å². The van der Waals surface area contributed by atoms with Crippen molar-refractivity contribution >= 4 is 17.8 Å². The van der Waals surface area contributed by atoms with Gasteiger partial charge in [-0.15, -0.1) is 0 Å². The van der Waals surface area contributed by atoms with Crippen molar-refractivity contribution in [2.24, 2.45) is 11.8 Å². The molecule has 1 saturated heterocycles. The van der Waals surface area contributed by atoms with Crippen LogP contribution in [-0.4, -0.2) is 49.2 Å². The van der Waals surface area contributed by atoms with Crippen LogP contribution in [0.5, 0.6) is 0 Å². The Morgan fingerprint density at radius 2 is 1.88 bits per heavy atom. The smallest absolute Gasteiger partial charge is 0.338 e. The van der Waals surface area contributed by atoms with Gasteiger partial charge in [-0.2, -0.15) is 0 Å². The van der Waals surface area contributed by atoms with Crippen molar-refractivity contribution in [2.75, 3.05) is 13.2 Å². The molecular weight excluding hydrogens is 312 g/mol. The Morgan fingerprint density at radius 3 is 2.42 bits per heavy atom. The molecule has 2 amide bonds. The van der Waals surface area contributed by atoms with Gasteiger partial charge in [0.15, 0.2) is 12.2 Å². The van der Waals surface area contributed by atoms with Gasteiger partial charge in [0, 0.05) is 7.92 Å². The number of nitrogens with one attached hydrogen (secondary N) is 2. The van der Waals surface area contributed by atoms with E-state index in [9.17, 15) is 14.4 Å². The predicted octanol–water partition coefficient (Wildman–Crippen LogP) is 1.01. The standard InChI is InChI=1S/C17H30N2O5/c1-6-23-17(22)14-13(24-14)16(21)19-12(9-11(4)5)15(20)18-8-7-10(2)3/h10-14H,6-9H2,1-5H3,(H,18,20)(H,19,21)/t12-,13-,14-/m0/s1/i10D. The fraction of sp³-hybridized carbons (Fsp3) is 0.824. The molecule has 1 aliphatic heterocycles. The van der Waals surface area contributed by atoms with Crippen LogP contribution in [0.1, 0.15) is 48.8 Å². The van der Waals surface area contributed by atoms with Gasteiger partial charge < -0.3 is 20.1 Å². The van der Waals surface area contributed by atoms with E-state index in [2.05, 4.69) is 10.6 Å². The second-order valence-corrected chi connectivity index (χ2v) is 6.67.